The summed E-state index contributed by atoms with van der Waals surface area (Å²) in [5.41, 5.74) is 2.65. The maximum Gasteiger partial charge on any atom is 0.264 e. The highest BCUT2D eigenvalue weighted by atomic mass is 19.1. The van der Waals surface area contributed by atoms with Crippen LogP contribution >= 0.6 is 0 Å². The van der Waals surface area contributed by atoms with E-state index in [1.165, 1.54) is 18.3 Å². The highest BCUT2D eigenvalue weighted by Gasteiger charge is 2.18. The van der Waals surface area contributed by atoms with E-state index < -0.39 is 5.82 Å². The van der Waals surface area contributed by atoms with Gasteiger partial charge in [0, 0.05) is 22.9 Å². The summed E-state index contributed by atoms with van der Waals surface area (Å²) >= 11 is 0. The van der Waals surface area contributed by atoms with Gasteiger partial charge in [-0.3, -0.25) is 9.59 Å². The summed E-state index contributed by atoms with van der Waals surface area (Å²) in [6, 6.07) is 23.2. The molecule has 0 bridgehead atoms. The van der Waals surface area contributed by atoms with Crippen LogP contribution in [0.4, 0.5) is 10.1 Å². The van der Waals surface area contributed by atoms with Gasteiger partial charge in [-0.2, -0.15) is 5.10 Å². The Morgan fingerprint density at radius 3 is 2.50 bits per heavy atom. The molecule has 5 rings (SSSR count). The standard InChI is InChI=1S/C26H17FN4O3/c27-21-11-4-3-10-20(21)23-15-28-26(34-23)19-9-2-1-8-18(19)25(33)29-17-7-5-6-16(14-17)22-12-13-24(32)31-30-22/h1-15H,(H,29,33)(H,31,32). The number of nitrogens with one attached hydrogen (secondary N) is 2. The van der Waals surface area contributed by atoms with Gasteiger partial charge in [0.25, 0.3) is 11.5 Å². The van der Waals surface area contributed by atoms with Crippen LogP contribution in [0, 0.1) is 5.82 Å². The maximum atomic E-state index is 14.1. The van der Waals surface area contributed by atoms with Crippen LogP contribution in [-0.2, 0) is 0 Å². The van der Waals surface area contributed by atoms with Crippen LogP contribution in [0.2, 0.25) is 0 Å². The number of hydrogen-bond acceptors (Lipinski definition) is 5. The van der Waals surface area contributed by atoms with Crippen LogP contribution in [0.3, 0.4) is 0 Å². The molecule has 0 atom stereocenters. The van der Waals surface area contributed by atoms with Gasteiger partial charge in [-0.1, -0.05) is 36.4 Å². The fourth-order valence-corrected chi connectivity index (χ4v) is 3.51. The lowest BCUT2D eigenvalue weighted by molar-refractivity contribution is 0.102. The molecule has 2 heterocycles. The van der Waals surface area contributed by atoms with Crippen molar-refractivity contribution in [3.05, 3.63) is 113 Å². The molecule has 2 aromatic heterocycles. The predicted octanol–water partition coefficient (Wildman–Crippen LogP) is 5.15. The highest BCUT2D eigenvalue weighted by Crippen LogP contribution is 2.30. The minimum atomic E-state index is -0.423. The second-order valence-electron chi connectivity index (χ2n) is 7.40. The number of aromatic amines is 1. The number of anilines is 1. The zero-order valence-corrected chi connectivity index (χ0v) is 17.7. The topological polar surface area (TPSA) is 101 Å². The summed E-state index contributed by atoms with van der Waals surface area (Å²) in [5.74, 6) is -0.319. The van der Waals surface area contributed by atoms with Crippen molar-refractivity contribution >= 4 is 11.6 Å². The first-order valence-electron chi connectivity index (χ1n) is 10.4. The monoisotopic (exact) mass is 452 g/mol. The lowest BCUT2D eigenvalue weighted by Crippen LogP contribution is -2.13. The van der Waals surface area contributed by atoms with Gasteiger partial charge in [-0.15, -0.1) is 0 Å². The molecule has 166 valence electrons. The maximum absolute atomic E-state index is 14.1. The Hall–Kier alpha value is -4.85. The number of amides is 1. The van der Waals surface area contributed by atoms with E-state index in [0.29, 0.717) is 22.5 Å². The lowest BCUT2D eigenvalue weighted by Gasteiger charge is -2.09. The van der Waals surface area contributed by atoms with Crippen LogP contribution in [0.5, 0.6) is 0 Å². The van der Waals surface area contributed by atoms with Gasteiger partial charge in [0.15, 0.2) is 5.76 Å². The number of oxazole rings is 1. The lowest BCUT2D eigenvalue weighted by atomic mass is 10.1. The number of aromatic nitrogens is 3. The summed E-state index contributed by atoms with van der Waals surface area (Å²) in [4.78, 5) is 28.7. The summed E-state index contributed by atoms with van der Waals surface area (Å²) < 4.78 is 19.9. The third kappa shape index (κ3) is 4.24. The first-order chi connectivity index (χ1) is 16.6. The number of carbonyl (C=O) groups is 1. The number of H-pyrrole nitrogens is 1. The minimum absolute atomic E-state index is 0.204. The number of carbonyl (C=O) groups excluding carboxylic acids is 1. The van der Waals surface area contributed by atoms with Crippen molar-refractivity contribution < 1.29 is 13.6 Å². The Morgan fingerprint density at radius 1 is 0.912 bits per heavy atom. The first-order valence-corrected chi connectivity index (χ1v) is 10.4. The van der Waals surface area contributed by atoms with Crippen molar-refractivity contribution in [1.82, 2.24) is 15.2 Å². The van der Waals surface area contributed by atoms with Crippen LogP contribution < -0.4 is 10.9 Å². The van der Waals surface area contributed by atoms with Gasteiger partial charge in [0.1, 0.15) is 5.82 Å². The summed E-state index contributed by atoms with van der Waals surface area (Å²) in [7, 11) is 0. The molecule has 0 fully saturated rings. The van der Waals surface area contributed by atoms with E-state index in [1.54, 1.807) is 66.7 Å². The first kappa shape index (κ1) is 21.0. The van der Waals surface area contributed by atoms with Crippen molar-refractivity contribution in [2.45, 2.75) is 0 Å². The molecule has 2 N–H and O–H groups in total. The summed E-state index contributed by atoms with van der Waals surface area (Å²) in [6.45, 7) is 0. The number of rotatable bonds is 5. The van der Waals surface area contributed by atoms with Gasteiger partial charge in [0.2, 0.25) is 5.89 Å². The van der Waals surface area contributed by atoms with E-state index in [-0.39, 0.29) is 28.7 Å². The summed E-state index contributed by atoms with van der Waals surface area (Å²) in [5, 5.41) is 9.28. The van der Waals surface area contributed by atoms with E-state index in [9.17, 15) is 14.0 Å². The third-order valence-electron chi connectivity index (χ3n) is 5.14. The average Bonchev–Trinajstić information content (AvgIpc) is 3.35. The zero-order chi connectivity index (χ0) is 23.5. The quantitative estimate of drug-likeness (QED) is 0.384. The molecule has 5 aromatic rings. The SMILES string of the molecule is O=C(Nc1cccc(-c2ccc(=O)[nH]n2)c1)c1ccccc1-c1ncc(-c2ccccc2F)o1. The molecule has 8 heteroatoms. The summed E-state index contributed by atoms with van der Waals surface area (Å²) in [6.07, 6.45) is 1.43. The van der Waals surface area contributed by atoms with E-state index >= 15 is 0 Å². The second kappa shape index (κ2) is 8.95. The molecule has 0 aliphatic heterocycles. The molecule has 0 spiro atoms. The van der Waals surface area contributed by atoms with Gasteiger partial charge in [0.05, 0.1) is 23.0 Å². The Labute approximate surface area is 192 Å². The van der Waals surface area contributed by atoms with Gasteiger partial charge < -0.3 is 9.73 Å². The Balaban J connectivity index is 1.43. The van der Waals surface area contributed by atoms with Gasteiger partial charge in [-0.05, 0) is 42.5 Å². The molecular weight excluding hydrogens is 435 g/mol. The molecule has 3 aromatic carbocycles. The van der Waals surface area contributed by atoms with Gasteiger partial charge >= 0.3 is 0 Å². The number of benzene rings is 3. The Morgan fingerprint density at radius 2 is 1.71 bits per heavy atom. The highest BCUT2D eigenvalue weighted by molar-refractivity contribution is 6.08. The predicted molar refractivity (Wildman–Crippen MR) is 126 cm³/mol. The van der Waals surface area contributed by atoms with Crippen molar-refractivity contribution in [2.75, 3.05) is 5.32 Å². The third-order valence-corrected chi connectivity index (χ3v) is 5.14. The fourth-order valence-electron chi connectivity index (χ4n) is 3.51. The normalized spacial score (nSPS) is 10.7. The van der Waals surface area contributed by atoms with E-state index in [0.717, 1.165) is 5.56 Å². The molecule has 1 amide bonds. The van der Waals surface area contributed by atoms with Crippen molar-refractivity contribution in [3.8, 4) is 34.0 Å². The van der Waals surface area contributed by atoms with Crippen molar-refractivity contribution in [1.29, 1.82) is 0 Å². The number of nitrogens with zero attached hydrogens (tertiary/aromatic N) is 2. The van der Waals surface area contributed by atoms with Gasteiger partial charge in [-0.25, -0.2) is 14.5 Å². The minimum Gasteiger partial charge on any atom is -0.436 e. The van der Waals surface area contributed by atoms with Crippen molar-refractivity contribution in [3.63, 3.8) is 0 Å². The second-order valence-corrected chi connectivity index (χ2v) is 7.40. The van der Waals surface area contributed by atoms with Crippen LogP contribution in [-0.4, -0.2) is 21.1 Å². The zero-order valence-electron chi connectivity index (χ0n) is 17.7. The number of hydrogen-bond donors (Lipinski definition) is 2. The molecular formula is C26H17FN4O3. The molecule has 0 radical (unpaired) electrons. The molecule has 0 saturated carbocycles. The molecule has 34 heavy (non-hydrogen) atoms. The van der Waals surface area contributed by atoms with Crippen molar-refractivity contribution in [2.24, 2.45) is 0 Å². The van der Waals surface area contributed by atoms with E-state index in [4.69, 9.17) is 4.42 Å². The Kier molecular flexibility index (Phi) is 5.53. The smallest absolute Gasteiger partial charge is 0.264 e. The average molecular weight is 452 g/mol. The molecule has 7 nitrogen and oxygen atoms in total. The molecule has 0 aliphatic carbocycles. The van der Waals surface area contributed by atoms with Crippen LogP contribution in [0.15, 0.2) is 100 Å². The largest absolute Gasteiger partial charge is 0.436 e. The molecule has 0 aliphatic rings. The Bertz CT molecular complexity index is 1540. The van der Waals surface area contributed by atoms with Crippen LogP contribution in [0.25, 0.3) is 34.0 Å². The van der Waals surface area contributed by atoms with E-state index in [2.05, 4.69) is 20.5 Å². The van der Waals surface area contributed by atoms with E-state index in [1.807, 2.05) is 6.07 Å². The molecule has 0 unspecified atom stereocenters. The van der Waals surface area contributed by atoms with Crippen LogP contribution in [0.1, 0.15) is 10.4 Å². The molecule has 0 saturated heterocycles. The number of halogens is 1. The fraction of sp³-hybridized carbons (Fsp3) is 0.